The van der Waals surface area contributed by atoms with Crippen LogP contribution in [0, 0.1) is 17.8 Å². The molecule has 2 aliphatic rings. The minimum absolute atomic E-state index is 0. The van der Waals surface area contributed by atoms with E-state index in [1.165, 1.54) is 49.8 Å². The molecule has 0 aliphatic heterocycles. The molecule has 0 saturated heterocycles. The van der Waals surface area contributed by atoms with Gasteiger partial charge in [-0.2, -0.15) is 0 Å². The first-order valence-electron chi connectivity index (χ1n) is 9.62. The third-order valence-electron chi connectivity index (χ3n) is 5.86. The van der Waals surface area contributed by atoms with Gasteiger partial charge in [-0.25, -0.2) is 0 Å². The molecule has 1 unspecified atom stereocenters. The van der Waals surface area contributed by atoms with Gasteiger partial charge in [0.25, 0.3) is 0 Å². The lowest BCUT2D eigenvalue weighted by Gasteiger charge is -2.34. The molecule has 0 heterocycles. The van der Waals surface area contributed by atoms with E-state index in [0.717, 1.165) is 36.2 Å². The highest BCUT2D eigenvalue weighted by Gasteiger charge is 2.31. The zero-order valence-electron chi connectivity index (χ0n) is 15.3. The van der Waals surface area contributed by atoms with E-state index in [4.69, 9.17) is 0 Å². The van der Waals surface area contributed by atoms with E-state index in [9.17, 15) is 13.2 Å². The Kier molecular flexibility index (Phi) is 6.10. The normalized spacial score (nSPS) is 27.4. The summed E-state index contributed by atoms with van der Waals surface area (Å²) in [5, 5.41) is 0. The van der Waals surface area contributed by atoms with Crippen molar-refractivity contribution in [1.29, 1.82) is 0 Å². The molecule has 1 aromatic rings. The molecule has 1 nitrogen and oxygen atoms in total. The van der Waals surface area contributed by atoms with Crippen LogP contribution in [0.3, 0.4) is 0 Å². The van der Waals surface area contributed by atoms with Gasteiger partial charge in [0.15, 0.2) is 0 Å². The highest BCUT2D eigenvalue weighted by molar-refractivity contribution is 5.66. The van der Waals surface area contributed by atoms with Crippen LogP contribution in [0.1, 0.15) is 58.9 Å². The minimum Gasteiger partial charge on any atom is -0.406 e. The number of benzene rings is 1. The maximum Gasteiger partial charge on any atom is 0.573 e. The Balaban J connectivity index is 0.00000261. The Morgan fingerprint density at radius 1 is 1.00 bits per heavy atom. The molecule has 1 atom stereocenters. The Bertz CT molecular complexity index is 641. The second-order valence-corrected chi connectivity index (χ2v) is 7.54. The van der Waals surface area contributed by atoms with E-state index in [2.05, 4.69) is 29.9 Å². The van der Waals surface area contributed by atoms with Gasteiger partial charge < -0.3 is 4.74 Å². The first-order valence-corrected chi connectivity index (χ1v) is 9.62. The second kappa shape index (κ2) is 8.32. The minimum atomic E-state index is -4.63. The van der Waals surface area contributed by atoms with E-state index >= 15 is 0 Å². The number of hydrogen-bond acceptors (Lipinski definition) is 1. The molecule has 1 aromatic carbocycles. The standard InChI is InChI=1S/C22H27F3O.H2/c1-2-3-16-4-6-17(7-5-16)18-8-10-19(11-9-18)20-12-14-21(15-13-20)26-22(23,24)25;/h2-3,10,12-18H,4-9,11H2,1H3;1H/b3-2+;. The second-order valence-electron chi connectivity index (χ2n) is 7.54. The van der Waals surface area contributed by atoms with Crippen molar-refractivity contribution < 1.29 is 19.3 Å². The summed E-state index contributed by atoms with van der Waals surface area (Å²) >= 11 is 0. The third kappa shape index (κ3) is 5.15. The van der Waals surface area contributed by atoms with Gasteiger partial charge in [-0.1, -0.05) is 30.4 Å². The summed E-state index contributed by atoms with van der Waals surface area (Å²) in [6.45, 7) is 2.10. The summed E-state index contributed by atoms with van der Waals surface area (Å²) in [7, 11) is 0. The van der Waals surface area contributed by atoms with Gasteiger partial charge in [-0.15, -0.1) is 13.2 Å². The van der Waals surface area contributed by atoms with Crippen LogP contribution in [0.15, 0.2) is 42.5 Å². The van der Waals surface area contributed by atoms with E-state index in [1.54, 1.807) is 12.1 Å². The average molecular weight is 366 g/mol. The van der Waals surface area contributed by atoms with Gasteiger partial charge in [0, 0.05) is 1.43 Å². The molecule has 1 saturated carbocycles. The van der Waals surface area contributed by atoms with Crippen LogP contribution < -0.4 is 4.74 Å². The van der Waals surface area contributed by atoms with Crippen molar-refractivity contribution in [2.45, 2.75) is 58.2 Å². The first kappa shape index (κ1) is 19.1. The van der Waals surface area contributed by atoms with E-state index in [-0.39, 0.29) is 7.18 Å². The molecule has 0 aromatic heterocycles. The maximum absolute atomic E-state index is 12.2. The van der Waals surface area contributed by atoms with Crippen molar-refractivity contribution >= 4 is 5.57 Å². The van der Waals surface area contributed by atoms with Crippen molar-refractivity contribution in [2.24, 2.45) is 17.8 Å². The van der Waals surface area contributed by atoms with Crippen LogP contribution in [0.5, 0.6) is 5.75 Å². The van der Waals surface area contributed by atoms with Crippen LogP contribution >= 0.6 is 0 Å². The number of alkyl halides is 3. The summed E-state index contributed by atoms with van der Waals surface area (Å²) in [5.41, 5.74) is 2.26. The summed E-state index contributed by atoms with van der Waals surface area (Å²) in [6, 6.07) is 6.27. The van der Waals surface area contributed by atoms with E-state index in [0.29, 0.717) is 0 Å². The monoisotopic (exact) mass is 366 g/mol. The fourth-order valence-corrected chi connectivity index (χ4v) is 4.50. The van der Waals surface area contributed by atoms with Gasteiger partial charge in [-0.3, -0.25) is 0 Å². The van der Waals surface area contributed by atoms with Gasteiger partial charge in [0.1, 0.15) is 5.75 Å². The number of ether oxygens (including phenoxy) is 1. The predicted molar refractivity (Wildman–Crippen MR) is 101 cm³/mol. The van der Waals surface area contributed by atoms with E-state index < -0.39 is 6.36 Å². The molecular formula is C22H29F3O. The summed E-state index contributed by atoms with van der Waals surface area (Å²) in [4.78, 5) is 0. The lowest BCUT2D eigenvalue weighted by molar-refractivity contribution is -0.274. The van der Waals surface area contributed by atoms with Crippen molar-refractivity contribution in [3.05, 3.63) is 48.1 Å². The lowest BCUT2D eigenvalue weighted by atomic mass is 9.71. The molecule has 26 heavy (non-hydrogen) atoms. The molecule has 0 N–H and O–H groups in total. The maximum atomic E-state index is 12.2. The fourth-order valence-electron chi connectivity index (χ4n) is 4.50. The molecule has 1 fully saturated rings. The number of rotatable bonds is 4. The van der Waals surface area contributed by atoms with Gasteiger partial charge in [0.05, 0.1) is 0 Å². The Morgan fingerprint density at radius 3 is 2.23 bits per heavy atom. The van der Waals surface area contributed by atoms with Crippen molar-refractivity contribution in [3.63, 3.8) is 0 Å². The van der Waals surface area contributed by atoms with Gasteiger partial charge in [-0.05, 0) is 92.9 Å². The fraction of sp³-hybridized carbons (Fsp3) is 0.545. The third-order valence-corrected chi connectivity index (χ3v) is 5.86. The number of halogens is 3. The Morgan fingerprint density at radius 2 is 1.69 bits per heavy atom. The molecular weight excluding hydrogens is 337 g/mol. The largest absolute Gasteiger partial charge is 0.573 e. The highest BCUT2D eigenvalue weighted by atomic mass is 19.4. The number of allylic oxidation sites excluding steroid dienone is 4. The Hall–Kier alpha value is -1.71. The van der Waals surface area contributed by atoms with Crippen LogP contribution in [0.4, 0.5) is 13.2 Å². The molecule has 144 valence electrons. The van der Waals surface area contributed by atoms with Gasteiger partial charge >= 0.3 is 6.36 Å². The molecule has 0 bridgehead atoms. The average Bonchev–Trinajstić information content (AvgIpc) is 2.62. The molecule has 4 heteroatoms. The zero-order valence-corrected chi connectivity index (χ0v) is 15.3. The topological polar surface area (TPSA) is 9.23 Å². The van der Waals surface area contributed by atoms with Crippen molar-refractivity contribution in [2.75, 3.05) is 0 Å². The summed E-state index contributed by atoms with van der Waals surface area (Å²) < 4.78 is 40.7. The van der Waals surface area contributed by atoms with Crippen molar-refractivity contribution in [1.82, 2.24) is 0 Å². The SMILES string of the molecule is C/C=C/C1CCC(C2CC=C(c3ccc(OC(F)(F)F)cc3)CC2)CC1.[HH]. The van der Waals surface area contributed by atoms with Crippen LogP contribution in [-0.4, -0.2) is 6.36 Å². The molecule has 0 radical (unpaired) electrons. The van der Waals surface area contributed by atoms with Crippen molar-refractivity contribution in [3.8, 4) is 5.75 Å². The van der Waals surface area contributed by atoms with Crippen LogP contribution in [-0.2, 0) is 0 Å². The summed E-state index contributed by atoms with van der Waals surface area (Å²) in [6.07, 6.45) is 10.7. The quantitative estimate of drug-likeness (QED) is 0.505. The lowest BCUT2D eigenvalue weighted by Crippen LogP contribution is -2.22. The first-order chi connectivity index (χ1) is 12.4. The zero-order chi connectivity index (χ0) is 18.6. The van der Waals surface area contributed by atoms with Crippen LogP contribution in [0.2, 0.25) is 0 Å². The molecule has 0 spiro atoms. The van der Waals surface area contributed by atoms with E-state index in [1.807, 2.05) is 0 Å². The molecule has 0 amide bonds. The van der Waals surface area contributed by atoms with Crippen LogP contribution in [0.25, 0.3) is 5.57 Å². The highest BCUT2D eigenvalue weighted by Crippen LogP contribution is 2.41. The molecule has 2 aliphatic carbocycles. The Labute approximate surface area is 155 Å². The smallest absolute Gasteiger partial charge is 0.406 e. The predicted octanol–water partition coefficient (Wildman–Crippen LogP) is 7.40. The molecule has 3 rings (SSSR count). The number of hydrogen-bond donors (Lipinski definition) is 0. The van der Waals surface area contributed by atoms with Gasteiger partial charge in [0.2, 0.25) is 0 Å². The summed E-state index contributed by atoms with van der Waals surface area (Å²) in [5.74, 6) is 2.20.